The van der Waals surface area contributed by atoms with Crippen LogP contribution in [0.1, 0.15) is 39.5 Å². The molecule has 0 aromatic heterocycles. The van der Waals surface area contributed by atoms with Crippen molar-refractivity contribution in [1.29, 1.82) is 5.26 Å². The summed E-state index contributed by atoms with van der Waals surface area (Å²) in [5.41, 5.74) is -0.279. The van der Waals surface area contributed by atoms with Gasteiger partial charge >= 0.3 is 0 Å². The number of likely N-dealkylation sites (tertiary alicyclic amines) is 1. The molecule has 2 fully saturated rings. The Morgan fingerprint density at radius 1 is 1.38 bits per heavy atom. The van der Waals surface area contributed by atoms with Crippen LogP contribution in [0.3, 0.4) is 0 Å². The Balaban J connectivity index is 2.03. The molecule has 1 saturated carbocycles. The van der Waals surface area contributed by atoms with Crippen molar-refractivity contribution < 1.29 is 0 Å². The van der Waals surface area contributed by atoms with Crippen molar-refractivity contribution in [1.82, 2.24) is 10.2 Å². The molecular weight excluding hydrogens is 198 g/mol. The van der Waals surface area contributed by atoms with Crippen molar-refractivity contribution in [2.24, 2.45) is 5.92 Å². The quantitative estimate of drug-likeness (QED) is 0.769. The van der Waals surface area contributed by atoms with Gasteiger partial charge < -0.3 is 4.90 Å². The van der Waals surface area contributed by atoms with E-state index < -0.39 is 0 Å². The van der Waals surface area contributed by atoms with Crippen LogP contribution >= 0.6 is 0 Å². The Bertz CT molecular complexity index is 271. The Labute approximate surface area is 98.8 Å². The fourth-order valence-electron chi connectivity index (χ4n) is 2.84. The molecule has 2 aliphatic rings. The first kappa shape index (κ1) is 11.9. The molecule has 1 unspecified atom stereocenters. The van der Waals surface area contributed by atoms with Gasteiger partial charge in [-0.2, -0.15) is 5.26 Å². The average Bonchev–Trinajstić information content (AvgIpc) is 2.98. The van der Waals surface area contributed by atoms with Crippen molar-refractivity contribution in [3.63, 3.8) is 0 Å². The highest BCUT2D eigenvalue weighted by molar-refractivity contribution is 5.17. The maximum atomic E-state index is 9.56. The van der Waals surface area contributed by atoms with E-state index in [0.29, 0.717) is 12.0 Å². The summed E-state index contributed by atoms with van der Waals surface area (Å²) in [4.78, 5) is 2.46. The molecule has 0 amide bonds. The lowest BCUT2D eigenvalue weighted by molar-refractivity contribution is 0.217. The van der Waals surface area contributed by atoms with Crippen LogP contribution < -0.4 is 5.32 Å². The summed E-state index contributed by atoms with van der Waals surface area (Å²) in [5.74, 6) is 0.584. The maximum absolute atomic E-state index is 9.56. The molecule has 1 aliphatic heterocycles. The average molecular weight is 221 g/mol. The topological polar surface area (TPSA) is 39.1 Å². The molecule has 1 atom stereocenters. The summed E-state index contributed by atoms with van der Waals surface area (Å²) < 4.78 is 0. The zero-order chi connectivity index (χ0) is 11.6. The molecule has 1 aliphatic carbocycles. The molecule has 0 bridgehead atoms. The number of nitrogens with one attached hydrogen (secondary N) is 1. The van der Waals surface area contributed by atoms with Crippen LogP contribution in [-0.4, -0.2) is 36.1 Å². The Hall–Kier alpha value is -0.590. The normalized spacial score (nSPS) is 25.6. The van der Waals surface area contributed by atoms with Crippen LogP contribution in [-0.2, 0) is 0 Å². The lowest BCUT2D eigenvalue weighted by atomic mass is 9.93. The molecule has 1 saturated heterocycles. The summed E-state index contributed by atoms with van der Waals surface area (Å²) in [6, 6.07) is 2.97. The molecule has 0 radical (unpaired) electrons. The molecule has 1 heterocycles. The second kappa shape index (κ2) is 4.73. The first-order chi connectivity index (χ1) is 7.66. The molecular formula is C13H23N3. The number of nitrogens with zero attached hydrogens (tertiary/aromatic N) is 2. The van der Waals surface area contributed by atoms with Crippen LogP contribution in [0.4, 0.5) is 0 Å². The van der Waals surface area contributed by atoms with E-state index in [1.54, 1.807) is 0 Å². The maximum Gasteiger partial charge on any atom is 0.122 e. The third kappa shape index (κ3) is 2.56. The third-order valence-electron chi connectivity index (χ3n) is 3.69. The minimum atomic E-state index is -0.279. The zero-order valence-electron chi connectivity index (χ0n) is 10.5. The van der Waals surface area contributed by atoms with Gasteiger partial charge in [-0.3, -0.25) is 5.32 Å². The second-order valence-corrected chi connectivity index (χ2v) is 5.64. The minimum absolute atomic E-state index is 0.279. The Kier molecular flexibility index (Phi) is 3.51. The van der Waals surface area contributed by atoms with Crippen LogP contribution in [0.15, 0.2) is 0 Å². The zero-order valence-corrected chi connectivity index (χ0v) is 10.5. The molecule has 0 aromatic rings. The van der Waals surface area contributed by atoms with Gasteiger partial charge in [-0.1, -0.05) is 0 Å². The van der Waals surface area contributed by atoms with Gasteiger partial charge in [0.05, 0.1) is 6.07 Å². The summed E-state index contributed by atoms with van der Waals surface area (Å²) in [7, 11) is 0. The largest absolute Gasteiger partial charge is 0.300 e. The van der Waals surface area contributed by atoms with E-state index in [9.17, 15) is 5.26 Å². The van der Waals surface area contributed by atoms with Gasteiger partial charge in [0.1, 0.15) is 5.54 Å². The monoisotopic (exact) mass is 221 g/mol. The van der Waals surface area contributed by atoms with Crippen molar-refractivity contribution in [3.05, 3.63) is 0 Å². The van der Waals surface area contributed by atoms with Gasteiger partial charge in [0, 0.05) is 12.6 Å². The van der Waals surface area contributed by atoms with Crippen LogP contribution in [0.2, 0.25) is 0 Å². The fourth-order valence-corrected chi connectivity index (χ4v) is 2.84. The number of hydrogen-bond donors (Lipinski definition) is 1. The standard InChI is InChI=1S/C13H23N3/c1-11(2)15-13(9-14,12-5-6-12)10-16-7-3-4-8-16/h11-12,15H,3-8,10H2,1-2H3. The van der Waals surface area contributed by atoms with Gasteiger partial charge in [0.2, 0.25) is 0 Å². The van der Waals surface area contributed by atoms with Gasteiger partial charge in [-0.05, 0) is 58.5 Å². The van der Waals surface area contributed by atoms with Gasteiger partial charge in [0.15, 0.2) is 0 Å². The van der Waals surface area contributed by atoms with E-state index in [1.807, 2.05) is 0 Å². The molecule has 1 N–H and O–H groups in total. The van der Waals surface area contributed by atoms with Crippen LogP contribution in [0, 0.1) is 17.2 Å². The van der Waals surface area contributed by atoms with Crippen molar-refractivity contribution in [2.45, 2.75) is 51.1 Å². The first-order valence-electron chi connectivity index (χ1n) is 6.57. The predicted octanol–water partition coefficient (Wildman–Crippen LogP) is 1.75. The second-order valence-electron chi connectivity index (χ2n) is 5.64. The minimum Gasteiger partial charge on any atom is -0.300 e. The van der Waals surface area contributed by atoms with E-state index in [4.69, 9.17) is 0 Å². The lowest BCUT2D eigenvalue weighted by Crippen LogP contribution is -2.56. The first-order valence-corrected chi connectivity index (χ1v) is 6.57. The summed E-state index contributed by atoms with van der Waals surface area (Å²) in [6.45, 7) is 7.55. The van der Waals surface area contributed by atoms with E-state index in [1.165, 1.54) is 38.8 Å². The fraction of sp³-hybridized carbons (Fsp3) is 0.923. The van der Waals surface area contributed by atoms with Crippen molar-refractivity contribution >= 4 is 0 Å². The highest BCUT2D eigenvalue weighted by atomic mass is 15.2. The number of hydrogen-bond acceptors (Lipinski definition) is 3. The molecule has 90 valence electrons. The molecule has 0 aromatic carbocycles. The lowest BCUT2D eigenvalue weighted by Gasteiger charge is -2.34. The smallest absolute Gasteiger partial charge is 0.122 e. The van der Waals surface area contributed by atoms with Crippen molar-refractivity contribution in [2.75, 3.05) is 19.6 Å². The highest BCUT2D eigenvalue weighted by Crippen LogP contribution is 2.40. The van der Waals surface area contributed by atoms with Crippen LogP contribution in [0.25, 0.3) is 0 Å². The van der Waals surface area contributed by atoms with E-state index in [-0.39, 0.29) is 5.54 Å². The van der Waals surface area contributed by atoms with Crippen molar-refractivity contribution in [3.8, 4) is 6.07 Å². The molecule has 2 rings (SSSR count). The molecule has 3 heteroatoms. The number of nitriles is 1. The summed E-state index contributed by atoms with van der Waals surface area (Å²) in [6.07, 6.45) is 5.05. The van der Waals surface area contributed by atoms with Crippen LogP contribution in [0.5, 0.6) is 0 Å². The van der Waals surface area contributed by atoms with E-state index >= 15 is 0 Å². The Morgan fingerprint density at radius 2 is 2.00 bits per heavy atom. The molecule has 3 nitrogen and oxygen atoms in total. The van der Waals surface area contributed by atoms with E-state index in [2.05, 4.69) is 30.1 Å². The molecule has 16 heavy (non-hydrogen) atoms. The summed E-state index contributed by atoms with van der Waals surface area (Å²) in [5, 5.41) is 13.1. The SMILES string of the molecule is CC(C)NC(C#N)(CN1CCCC1)C1CC1. The highest BCUT2D eigenvalue weighted by Gasteiger charge is 2.47. The predicted molar refractivity (Wildman–Crippen MR) is 65.0 cm³/mol. The van der Waals surface area contributed by atoms with Gasteiger partial charge in [0.25, 0.3) is 0 Å². The number of rotatable bonds is 5. The van der Waals surface area contributed by atoms with Gasteiger partial charge in [-0.15, -0.1) is 0 Å². The van der Waals surface area contributed by atoms with Gasteiger partial charge in [-0.25, -0.2) is 0 Å². The Morgan fingerprint density at radius 3 is 2.44 bits per heavy atom. The summed E-state index contributed by atoms with van der Waals surface area (Å²) >= 11 is 0. The van der Waals surface area contributed by atoms with E-state index in [0.717, 1.165) is 6.54 Å². The molecule has 0 spiro atoms. The third-order valence-corrected chi connectivity index (χ3v) is 3.69.